The number of hydrogen-bond donors (Lipinski definition) is 1. The Morgan fingerprint density at radius 2 is 2.16 bits per heavy atom. The van der Waals surface area contributed by atoms with E-state index in [4.69, 9.17) is 0 Å². The van der Waals surface area contributed by atoms with Crippen LogP contribution in [0.4, 0.5) is 0 Å². The highest BCUT2D eigenvalue weighted by Gasteiger charge is 2.24. The van der Waals surface area contributed by atoms with Crippen LogP contribution in [0.25, 0.3) is 10.4 Å². The van der Waals surface area contributed by atoms with Crippen LogP contribution in [0, 0.1) is 6.92 Å². The molecule has 1 nitrogen and oxygen atoms in total. The molecule has 3 rings (SSSR count). The van der Waals surface area contributed by atoms with Crippen LogP contribution in [0.1, 0.15) is 41.8 Å². The molecule has 0 fully saturated rings. The number of thiophene rings is 1. The Bertz CT molecular complexity index is 570. The average Bonchev–Trinajstić information content (AvgIpc) is 3.02. The third-order valence-electron chi connectivity index (χ3n) is 3.92. The van der Waals surface area contributed by atoms with Crippen molar-refractivity contribution in [2.75, 3.05) is 6.54 Å². The van der Waals surface area contributed by atoms with E-state index in [-0.39, 0.29) is 0 Å². The molecule has 0 bridgehead atoms. The first-order valence-electron chi connectivity index (χ1n) is 7.21. The van der Waals surface area contributed by atoms with E-state index in [1.54, 1.807) is 5.56 Å². The van der Waals surface area contributed by atoms with Gasteiger partial charge in [-0.25, -0.2) is 0 Å². The van der Waals surface area contributed by atoms with Gasteiger partial charge in [-0.3, -0.25) is 0 Å². The Morgan fingerprint density at radius 1 is 1.26 bits per heavy atom. The van der Waals surface area contributed by atoms with E-state index >= 15 is 0 Å². The van der Waals surface area contributed by atoms with Gasteiger partial charge in [0.25, 0.3) is 0 Å². The Kier molecular flexibility index (Phi) is 3.72. The molecule has 1 aromatic heterocycles. The molecule has 19 heavy (non-hydrogen) atoms. The normalized spacial score (nSPS) is 17.7. The highest BCUT2D eigenvalue weighted by Crippen LogP contribution is 2.39. The maximum Gasteiger partial charge on any atom is 0.0348 e. The molecule has 1 aromatic carbocycles. The van der Waals surface area contributed by atoms with Gasteiger partial charge in [-0.15, -0.1) is 11.3 Å². The first kappa shape index (κ1) is 12.9. The molecule has 0 radical (unpaired) electrons. The smallest absolute Gasteiger partial charge is 0.0348 e. The molecule has 100 valence electrons. The van der Waals surface area contributed by atoms with Crippen LogP contribution in [-0.2, 0) is 6.42 Å². The second kappa shape index (κ2) is 5.48. The fraction of sp³-hybridized carbons (Fsp3) is 0.412. The quantitative estimate of drug-likeness (QED) is 0.849. The summed E-state index contributed by atoms with van der Waals surface area (Å²) in [5.41, 5.74) is 4.55. The third-order valence-corrected chi connectivity index (χ3v) is 4.95. The van der Waals surface area contributed by atoms with E-state index in [9.17, 15) is 0 Å². The summed E-state index contributed by atoms with van der Waals surface area (Å²) in [6, 6.07) is 11.9. The number of rotatable bonds is 4. The van der Waals surface area contributed by atoms with Gasteiger partial charge in [0.1, 0.15) is 0 Å². The van der Waals surface area contributed by atoms with Crippen molar-refractivity contribution < 1.29 is 0 Å². The van der Waals surface area contributed by atoms with E-state index in [0.29, 0.717) is 6.04 Å². The predicted octanol–water partition coefficient (Wildman–Crippen LogP) is 4.71. The number of aryl methyl sites for hydroxylation is 1. The van der Waals surface area contributed by atoms with Gasteiger partial charge in [-0.05, 0) is 61.6 Å². The Hall–Kier alpha value is -1.12. The standard InChI is InChI=1S/C17H21NS/c1-3-11-18-16-9-8-13-14(16)5-4-6-15(13)17-10-7-12(2)19-17/h4-7,10,16,18H,3,8-9,11H2,1-2H3. The molecule has 1 N–H and O–H groups in total. The van der Waals surface area contributed by atoms with Gasteiger partial charge >= 0.3 is 0 Å². The number of fused-ring (bicyclic) bond motifs is 1. The summed E-state index contributed by atoms with van der Waals surface area (Å²) in [5.74, 6) is 0. The van der Waals surface area contributed by atoms with Crippen LogP contribution in [0.5, 0.6) is 0 Å². The SMILES string of the molecule is CCCNC1CCc2c(-c3ccc(C)s3)cccc21. The molecule has 1 atom stereocenters. The highest BCUT2D eigenvalue weighted by molar-refractivity contribution is 7.15. The zero-order valence-corrected chi connectivity index (χ0v) is 12.5. The fourth-order valence-corrected chi connectivity index (χ4v) is 3.92. The van der Waals surface area contributed by atoms with E-state index < -0.39 is 0 Å². The molecule has 2 aromatic rings. The molecule has 1 aliphatic rings. The van der Waals surface area contributed by atoms with Crippen LogP contribution >= 0.6 is 11.3 Å². The lowest BCUT2D eigenvalue weighted by Crippen LogP contribution is -2.19. The van der Waals surface area contributed by atoms with Gasteiger partial charge < -0.3 is 5.32 Å². The van der Waals surface area contributed by atoms with Crippen LogP contribution in [-0.4, -0.2) is 6.54 Å². The number of hydrogen-bond acceptors (Lipinski definition) is 2. The van der Waals surface area contributed by atoms with Crippen LogP contribution in [0.2, 0.25) is 0 Å². The maximum atomic E-state index is 3.67. The lowest BCUT2D eigenvalue weighted by Gasteiger charge is -2.14. The first-order valence-corrected chi connectivity index (χ1v) is 8.03. The Balaban J connectivity index is 1.95. The highest BCUT2D eigenvalue weighted by atomic mass is 32.1. The molecule has 1 heterocycles. The zero-order chi connectivity index (χ0) is 13.2. The molecule has 1 unspecified atom stereocenters. The summed E-state index contributed by atoms with van der Waals surface area (Å²) in [6.45, 7) is 5.53. The topological polar surface area (TPSA) is 12.0 Å². The zero-order valence-electron chi connectivity index (χ0n) is 11.7. The van der Waals surface area contributed by atoms with E-state index in [1.165, 1.54) is 40.1 Å². The molecular formula is C17H21NS. The monoisotopic (exact) mass is 271 g/mol. The second-order valence-electron chi connectivity index (χ2n) is 5.33. The Morgan fingerprint density at radius 3 is 2.89 bits per heavy atom. The molecule has 1 aliphatic carbocycles. The minimum absolute atomic E-state index is 0.566. The first-order chi connectivity index (χ1) is 9.29. The van der Waals surface area contributed by atoms with Gasteiger partial charge in [0.05, 0.1) is 0 Å². The largest absolute Gasteiger partial charge is 0.310 e. The number of benzene rings is 1. The van der Waals surface area contributed by atoms with Crippen molar-refractivity contribution in [3.8, 4) is 10.4 Å². The summed E-state index contributed by atoms with van der Waals surface area (Å²) in [5, 5.41) is 3.67. The molecule has 0 amide bonds. The van der Waals surface area contributed by atoms with Crippen molar-refractivity contribution in [1.82, 2.24) is 5.32 Å². The van der Waals surface area contributed by atoms with Gasteiger partial charge in [0.2, 0.25) is 0 Å². The molecule has 0 aliphatic heterocycles. The van der Waals surface area contributed by atoms with E-state index in [1.807, 2.05) is 11.3 Å². The minimum Gasteiger partial charge on any atom is -0.310 e. The molecule has 0 spiro atoms. The predicted molar refractivity (Wildman–Crippen MR) is 83.8 cm³/mol. The molecule has 0 saturated carbocycles. The van der Waals surface area contributed by atoms with E-state index in [0.717, 1.165) is 6.54 Å². The summed E-state index contributed by atoms with van der Waals surface area (Å²) in [7, 11) is 0. The minimum atomic E-state index is 0.566. The van der Waals surface area contributed by atoms with Gasteiger partial charge in [-0.2, -0.15) is 0 Å². The number of nitrogens with one attached hydrogen (secondary N) is 1. The van der Waals surface area contributed by atoms with Crippen LogP contribution in [0.3, 0.4) is 0 Å². The van der Waals surface area contributed by atoms with E-state index in [2.05, 4.69) is 49.5 Å². The average molecular weight is 271 g/mol. The van der Waals surface area contributed by atoms with Gasteiger partial charge in [0.15, 0.2) is 0 Å². The lowest BCUT2D eigenvalue weighted by molar-refractivity contribution is 0.529. The van der Waals surface area contributed by atoms with Crippen molar-refractivity contribution in [2.24, 2.45) is 0 Å². The van der Waals surface area contributed by atoms with Crippen molar-refractivity contribution in [3.05, 3.63) is 46.3 Å². The summed E-state index contributed by atoms with van der Waals surface area (Å²) < 4.78 is 0. The van der Waals surface area contributed by atoms with Gasteiger partial charge in [-0.1, -0.05) is 25.1 Å². The fourth-order valence-electron chi connectivity index (χ4n) is 3.00. The van der Waals surface area contributed by atoms with Crippen LogP contribution < -0.4 is 5.32 Å². The van der Waals surface area contributed by atoms with Gasteiger partial charge in [0, 0.05) is 15.8 Å². The molecule has 0 saturated heterocycles. The summed E-state index contributed by atoms with van der Waals surface area (Å²) in [4.78, 5) is 2.82. The third kappa shape index (κ3) is 2.47. The van der Waals surface area contributed by atoms with Crippen molar-refractivity contribution in [2.45, 2.75) is 39.2 Å². The Labute approximate surface area is 119 Å². The van der Waals surface area contributed by atoms with Crippen molar-refractivity contribution in [3.63, 3.8) is 0 Å². The molecular weight excluding hydrogens is 250 g/mol. The summed E-state index contributed by atoms with van der Waals surface area (Å²) >= 11 is 1.91. The maximum absolute atomic E-state index is 3.67. The van der Waals surface area contributed by atoms with Crippen LogP contribution in [0.15, 0.2) is 30.3 Å². The molecule has 2 heteroatoms. The van der Waals surface area contributed by atoms with Crippen molar-refractivity contribution in [1.29, 1.82) is 0 Å². The van der Waals surface area contributed by atoms with Crippen molar-refractivity contribution >= 4 is 11.3 Å². The lowest BCUT2D eigenvalue weighted by atomic mass is 10.0. The second-order valence-corrected chi connectivity index (χ2v) is 6.62. The summed E-state index contributed by atoms with van der Waals surface area (Å²) in [6.07, 6.45) is 3.66.